The van der Waals surface area contributed by atoms with E-state index in [9.17, 15) is 5.11 Å². The molecule has 0 aliphatic carbocycles. The summed E-state index contributed by atoms with van der Waals surface area (Å²) in [6.07, 6.45) is 4.02. The van der Waals surface area contributed by atoms with Gasteiger partial charge in [0.2, 0.25) is 0 Å². The minimum Gasteiger partial charge on any atom is -0.386 e. The first-order valence-electron chi connectivity index (χ1n) is 5.65. The lowest BCUT2D eigenvalue weighted by atomic mass is 10.1. The van der Waals surface area contributed by atoms with Crippen LogP contribution >= 0.6 is 15.9 Å². The zero-order valence-corrected chi connectivity index (χ0v) is 11.3. The highest BCUT2D eigenvalue weighted by Crippen LogP contribution is 2.24. The van der Waals surface area contributed by atoms with Gasteiger partial charge in [-0.25, -0.2) is 4.98 Å². The first kappa shape index (κ1) is 12.3. The van der Waals surface area contributed by atoms with Gasteiger partial charge in [-0.1, -0.05) is 41.1 Å². The number of aliphatic hydroxyl groups is 1. The van der Waals surface area contributed by atoms with Crippen LogP contribution in [0.3, 0.4) is 0 Å². The van der Waals surface area contributed by atoms with E-state index in [0.29, 0.717) is 6.54 Å². The Balaban J connectivity index is 2.17. The molecule has 1 N–H and O–H groups in total. The van der Waals surface area contributed by atoms with Gasteiger partial charge in [0, 0.05) is 23.3 Å². The number of hydrogen-bond acceptors (Lipinski definition) is 2. The highest BCUT2D eigenvalue weighted by molar-refractivity contribution is 9.10. The smallest absolute Gasteiger partial charge is 0.108 e. The molecule has 3 nitrogen and oxygen atoms in total. The number of aliphatic hydroxyl groups excluding tert-OH is 1. The zero-order valence-electron chi connectivity index (χ0n) is 9.68. The third-order valence-corrected chi connectivity index (χ3v) is 3.47. The predicted molar refractivity (Wildman–Crippen MR) is 70.7 cm³/mol. The van der Waals surface area contributed by atoms with Crippen LogP contribution in [0.4, 0.5) is 0 Å². The molecule has 2 aromatic rings. The summed E-state index contributed by atoms with van der Waals surface area (Å²) in [6.45, 7) is 2.59. The Morgan fingerprint density at radius 2 is 2.18 bits per heavy atom. The Kier molecular flexibility index (Phi) is 3.97. The molecule has 1 aromatic heterocycles. The maximum Gasteiger partial charge on any atom is 0.108 e. The molecule has 2 rings (SSSR count). The van der Waals surface area contributed by atoms with E-state index in [1.807, 2.05) is 35.0 Å². The average Bonchev–Trinajstić information content (AvgIpc) is 2.76. The number of nitrogens with zero attached hydrogens (tertiary/aromatic N) is 2. The zero-order chi connectivity index (χ0) is 12.3. The largest absolute Gasteiger partial charge is 0.386 e. The molecule has 1 unspecified atom stereocenters. The second-order valence-corrected chi connectivity index (χ2v) is 4.74. The number of hydrogen-bond donors (Lipinski definition) is 1. The topological polar surface area (TPSA) is 38.0 Å². The molecular formula is C13H15BrN2O. The van der Waals surface area contributed by atoms with Gasteiger partial charge in [0.1, 0.15) is 5.82 Å². The summed E-state index contributed by atoms with van der Waals surface area (Å²) in [6, 6.07) is 7.73. The van der Waals surface area contributed by atoms with E-state index in [2.05, 4.69) is 27.8 Å². The van der Waals surface area contributed by atoms with Crippen LogP contribution in [0.25, 0.3) is 0 Å². The summed E-state index contributed by atoms with van der Waals surface area (Å²) in [7, 11) is 0. The molecule has 1 aromatic carbocycles. The van der Waals surface area contributed by atoms with Crippen molar-refractivity contribution in [3.63, 3.8) is 0 Å². The predicted octanol–water partition coefficient (Wildman–Crippen LogP) is 2.94. The van der Waals surface area contributed by atoms with Gasteiger partial charge in [0.05, 0.1) is 12.6 Å². The van der Waals surface area contributed by atoms with Crippen molar-refractivity contribution < 1.29 is 5.11 Å². The third kappa shape index (κ3) is 2.76. The molecule has 1 heterocycles. The van der Waals surface area contributed by atoms with Crippen LogP contribution < -0.4 is 0 Å². The highest BCUT2D eigenvalue weighted by Gasteiger charge is 2.12. The summed E-state index contributed by atoms with van der Waals surface area (Å²) in [5.41, 5.74) is 0.906. The Hall–Kier alpha value is -1.13. The number of aromatic nitrogens is 2. The molecule has 4 heteroatoms. The lowest BCUT2D eigenvalue weighted by molar-refractivity contribution is 0.154. The van der Waals surface area contributed by atoms with Crippen LogP contribution in [-0.2, 0) is 13.0 Å². The number of halogens is 1. The first-order valence-corrected chi connectivity index (χ1v) is 6.44. The minimum atomic E-state index is -0.523. The first-order chi connectivity index (χ1) is 8.22. The summed E-state index contributed by atoms with van der Waals surface area (Å²) in [4.78, 5) is 4.24. The standard InChI is InChI=1S/C13H15BrN2O/c1-2-13-15-7-8-16(13)9-12(17)10-5-3-4-6-11(10)14/h3-8,12,17H,2,9H2,1H3. The van der Waals surface area contributed by atoms with Crippen LogP contribution in [0.5, 0.6) is 0 Å². The molecule has 0 aliphatic heterocycles. The maximum atomic E-state index is 10.2. The molecule has 0 saturated carbocycles. The Labute approximate surface area is 109 Å². The van der Waals surface area contributed by atoms with Crippen molar-refractivity contribution in [2.75, 3.05) is 0 Å². The molecule has 0 bridgehead atoms. The van der Waals surface area contributed by atoms with Gasteiger partial charge in [0.25, 0.3) is 0 Å². The van der Waals surface area contributed by atoms with Crippen LogP contribution in [0.1, 0.15) is 24.4 Å². The molecule has 0 radical (unpaired) electrons. The van der Waals surface area contributed by atoms with E-state index in [1.54, 1.807) is 6.20 Å². The van der Waals surface area contributed by atoms with Crippen LogP contribution in [-0.4, -0.2) is 14.7 Å². The molecule has 0 spiro atoms. The Morgan fingerprint density at radius 3 is 2.88 bits per heavy atom. The lowest BCUT2D eigenvalue weighted by Gasteiger charge is -2.14. The summed E-state index contributed by atoms with van der Waals surface area (Å²) in [5.74, 6) is 0.996. The molecule has 17 heavy (non-hydrogen) atoms. The second kappa shape index (κ2) is 5.47. The highest BCUT2D eigenvalue weighted by atomic mass is 79.9. The number of aryl methyl sites for hydroxylation is 1. The second-order valence-electron chi connectivity index (χ2n) is 3.89. The van der Waals surface area contributed by atoms with Gasteiger partial charge in [0.15, 0.2) is 0 Å². The normalized spacial score (nSPS) is 12.6. The minimum absolute atomic E-state index is 0.523. The van der Waals surface area contributed by atoms with Gasteiger partial charge in [-0.2, -0.15) is 0 Å². The van der Waals surface area contributed by atoms with Gasteiger partial charge >= 0.3 is 0 Å². The van der Waals surface area contributed by atoms with Crippen molar-refractivity contribution in [1.82, 2.24) is 9.55 Å². The summed E-state index contributed by atoms with van der Waals surface area (Å²) in [5, 5.41) is 10.2. The van der Waals surface area contributed by atoms with E-state index < -0.39 is 6.10 Å². The molecule has 0 fully saturated rings. The molecule has 0 saturated heterocycles. The van der Waals surface area contributed by atoms with E-state index in [1.165, 1.54) is 0 Å². The Bertz CT molecular complexity index is 496. The van der Waals surface area contributed by atoms with Crippen molar-refractivity contribution >= 4 is 15.9 Å². The Morgan fingerprint density at radius 1 is 1.41 bits per heavy atom. The third-order valence-electron chi connectivity index (χ3n) is 2.75. The van der Waals surface area contributed by atoms with E-state index in [-0.39, 0.29) is 0 Å². The molecule has 0 amide bonds. The van der Waals surface area contributed by atoms with Crippen molar-refractivity contribution in [2.24, 2.45) is 0 Å². The van der Waals surface area contributed by atoms with Crippen molar-refractivity contribution in [1.29, 1.82) is 0 Å². The van der Waals surface area contributed by atoms with Crippen molar-refractivity contribution in [3.05, 3.63) is 52.5 Å². The quantitative estimate of drug-likeness (QED) is 0.941. The molecule has 90 valence electrons. The fourth-order valence-electron chi connectivity index (χ4n) is 1.85. The lowest BCUT2D eigenvalue weighted by Crippen LogP contribution is -2.11. The molecular weight excluding hydrogens is 280 g/mol. The number of rotatable bonds is 4. The van der Waals surface area contributed by atoms with Crippen LogP contribution in [0, 0.1) is 0 Å². The van der Waals surface area contributed by atoms with Crippen LogP contribution in [0.2, 0.25) is 0 Å². The van der Waals surface area contributed by atoms with Crippen molar-refractivity contribution in [3.8, 4) is 0 Å². The van der Waals surface area contributed by atoms with Crippen molar-refractivity contribution in [2.45, 2.75) is 26.0 Å². The maximum absolute atomic E-state index is 10.2. The van der Waals surface area contributed by atoms with Gasteiger partial charge in [-0.3, -0.25) is 0 Å². The number of benzene rings is 1. The monoisotopic (exact) mass is 294 g/mol. The molecule has 0 aliphatic rings. The summed E-state index contributed by atoms with van der Waals surface area (Å²) < 4.78 is 2.93. The van der Waals surface area contributed by atoms with Gasteiger partial charge in [-0.15, -0.1) is 0 Å². The van der Waals surface area contributed by atoms with Gasteiger partial charge in [-0.05, 0) is 11.6 Å². The number of imidazole rings is 1. The molecule has 1 atom stereocenters. The van der Waals surface area contributed by atoms with Gasteiger partial charge < -0.3 is 9.67 Å². The fraction of sp³-hybridized carbons (Fsp3) is 0.308. The van der Waals surface area contributed by atoms with E-state index in [4.69, 9.17) is 0 Å². The van der Waals surface area contributed by atoms with E-state index >= 15 is 0 Å². The van der Waals surface area contributed by atoms with Crippen LogP contribution in [0.15, 0.2) is 41.1 Å². The van der Waals surface area contributed by atoms with E-state index in [0.717, 1.165) is 22.3 Å². The average molecular weight is 295 g/mol. The SMILES string of the molecule is CCc1nccn1CC(O)c1ccccc1Br. The fourth-order valence-corrected chi connectivity index (χ4v) is 2.40. The summed E-state index contributed by atoms with van der Waals surface area (Å²) >= 11 is 3.45.